The minimum absolute atomic E-state index is 0.0720. The third-order valence-electron chi connectivity index (χ3n) is 4.00. The highest BCUT2D eigenvalue weighted by Crippen LogP contribution is 2.34. The second kappa shape index (κ2) is 8.08. The van der Waals surface area contributed by atoms with Crippen LogP contribution in [0.2, 0.25) is 0 Å². The van der Waals surface area contributed by atoms with E-state index in [1.807, 2.05) is 0 Å². The quantitative estimate of drug-likeness (QED) is 0.755. The Morgan fingerprint density at radius 2 is 1.95 bits per heavy atom. The fourth-order valence-electron chi connectivity index (χ4n) is 2.62. The standard InChI is InChI=1S/C16H31N3S/c1-7-9-10-12(8-2)11-13(17-6)14-15(16(3,4)5)18-19-20-14/h12-13,17H,7-11H2,1-6H3. The van der Waals surface area contributed by atoms with Gasteiger partial charge >= 0.3 is 0 Å². The molecule has 0 amide bonds. The maximum Gasteiger partial charge on any atom is 0.0857 e. The zero-order valence-corrected chi connectivity index (χ0v) is 14.8. The molecule has 1 aromatic heterocycles. The Balaban J connectivity index is 2.83. The number of nitrogens with one attached hydrogen (secondary N) is 1. The van der Waals surface area contributed by atoms with Crippen LogP contribution in [0.3, 0.4) is 0 Å². The SMILES string of the molecule is CCCCC(CC)CC(NC)c1snnc1C(C)(C)C. The van der Waals surface area contributed by atoms with Gasteiger partial charge in [-0.1, -0.05) is 64.8 Å². The smallest absolute Gasteiger partial charge is 0.0857 e. The molecule has 1 N–H and O–H groups in total. The molecule has 1 rings (SSSR count). The molecule has 0 saturated heterocycles. The first-order valence-corrected chi connectivity index (χ1v) is 8.71. The molecule has 0 aliphatic rings. The minimum Gasteiger partial charge on any atom is -0.312 e. The predicted molar refractivity (Wildman–Crippen MR) is 88.3 cm³/mol. The van der Waals surface area contributed by atoms with E-state index in [9.17, 15) is 0 Å². The van der Waals surface area contributed by atoms with Crippen LogP contribution in [0.4, 0.5) is 0 Å². The average Bonchev–Trinajstić information content (AvgIpc) is 2.88. The molecule has 0 aliphatic carbocycles. The van der Waals surface area contributed by atoms with Gasteiger partial charge in [0.25, 0.3) is 0 Å². The van der Waals surface area contributed by atoms with E-state index in [1.165, 1.54) is 37.0 Å². The van der Waals surface area contributed by atoms with Crippen molar-refractivity contribution in [1.82, 2.24) is 14.9 Å². The van der Waals surface area contributed by atoms with Crippen LogP contribution < -0.4 is 5.32 Å². The van der Waals surface area contributed by atoms with Gasteiger partial charge in [0.05, 0.1) is 10.6 Å². The maximum absolute atomic E-state index is 4.38. The maximum atomic E-state index is 4.38. The molecule has 2 unspecified atom stereocenters. The van der Waals surface area contributed by atoms with Gasteiger partial charge in [0, 0.05) is 11.5 Å². The first-order valence-electron chi connectivity index (χ1n) is 7.93. The Bertz CT molecular complexity index is 381. The van der Waals surface area contributed by atoms with E-state index < -0.39 is 0 Å². The van der Waals surface area contributed by atoms with Gasteiger partial charge in [0.1, 0.15) is 0 Å². The van der Waals surface area contributed by atoms with Crippen molar-refractivity contribution in [3.8, 4) is 0 Å². The summed E-state index contributed by atoms with van der Waals surface area (Å²) in [6, 6.07) is 0.394. The Kier molecular flexibility index (Phi) is 7.10. The van der Waals surface area contributed by atoms with Crippen molar-refractivity contribution in [2.75, 3.05) is 7.05 Å². The van der Waals surface area contributed by atoms with E-state index in [0.29, 0.717) is 6.04 Å². The highest BCUT2D eigenvalue weighted by atomic mass is 32.1. The van der Waals surface area contributed by atoms with Crippen LogP contribution >= 0.6 is 11.5 Å². The van der Waals surface area contributed by atoms with Crippen molar-refractivity contribution in [3.63, 3.8) is 0 Å². The Morgan fingerprint density at radius 3 is 2.45 bits per heavy atom. The van der Waals surface area contributed by atoms with E-state index in [0.717, 1.165) is 11.6 Å². The van der Waals surface area contributed by atoms with Crippen molar-refractivity contribution in [3.05, 3.63) is 10.6 Å². The highest BCUT2D eigenvalue weighted by Gasteiger charge is 2.27. The van der Waals surface area contributed by atoms with E-state index in [1.54, 1.807) is 11.5 Å². The molecule has 0 aromatic carbocycles. The van der Waals surface area contributed by atoms with Crippen molar-refractivity contribution >= 4 is 11.5 Å². The number of nitrogens with zero attached hydrogens (tertiary/aromatic N) is 2. The van der Waals surface area contributed by atoms with Gasteiger partial charge in [0.2, 0.25) is 0 Å². The normalized spacial score (nSPS) is 15.3. The lowest BCUT2D eigenvalue weighted by atomic mass is 9.86. The first-order chi connectivity index (χ1) is 9.43. The Morgan fingerprint density at radius 1 is 1.25 bits per heavy atom. The molecule has 0 bridgehead atoms. The predicted octanol–water partition coefficient (Wildman–Crippen LogP) is 4.70. The molecule has 2 atom stereocenters. The lowest BCUT2D eigenvalue weighted by Gasteiger charge is -2.24. The molecule has 116 valence electrons. The van der Waals surface area contributed by atoms with Gasteiger partial charge < -0.3 is 5.32 Å². The van der Waals surface area contributed by atoms with Crippen LogP contribution in [0, 0.1) is 5.92 Å². The highest BCUT2D eigenvalue weighted by molar-refractivity contribution is 7.05. The number of unbranched alkanes of at least 4 members (excludes halogenated alkanes) is 1. The number of hydrogen-bond acceptors (Lipinski definition) is 4. The molecule has 0 aliphatic heterocycles. The fourth-order valence-corrected chi connectivity index (χ4v) is 3.60. The van der Waals surface area contributed by atoms with Gasteiger partial charge in [-0.3, -0.25) is 0 Å². The van der Waals surface area contributed by atoms with E-state index >= 15 is 0 Å². The summed E-state index contributed by atoms with van der Waals surface area (Å²) in [5, 5.41) is 7.87. The fraction of sp³-hybridized carbons (Fsp3) is 0.875. The molecule has 1 heterocycles. The summed E-state index contributed by atoms with van der Waals surface area (Å²) in [5.41, 5.74) is 1.23. The van der Waals surface area contributed by atoms with Crippen molar-refractivity contribution in [2.45, 2.75) is 78.2 Å². The summed E-state index contributed by atoms with van der Waals surface area (Å²) in [7, 11) is 2.06. The lowest BCUT2D eigenvalue weighted by molar-refractivity contribution is 0.364. The zero-order valence-electron chi connectivity index (χ0n) is 14.0. The van der Waals surface area contributed by atoms with Crippen LogP contribution in [0.15, 0.2) is 0 Å². The zero-order chi connectivity index (χ0) is 15.2. The van der Waals surface area contributed by atoms with Crippen molar-refractivity contribution < 1.29 is 0 Å². The summed E-state index contributed by atoms with van der Waals surface area (Å²) in [6.45, 7) is 11.2. The minimum atomic E-state index is 0.0720. The van der Waals surface area contributed by atoms with Gasteiger partial charge in [-0.15, -0.1) is 5.10 Å². The van der Waals surface area contributed by atoms with E-state index in [2.05, 4.69) is 56.6 Å². The largest absolute Gasteiger partial charge is 0.312 e. The summed E-state index contributed by atoms with van der Waals surface area (Å²) in [5.74, 6) is 0.794. The summed E-state index contributed by atoms with van der Waals surface area (Å²) < 4.78 is 4.20. The average molecular weight is 298 g/mol. The van der Waals surface area contributed by atoms with E-state index in [4.69, 9.17) is 0 Å². The van der Waals surface area contributed by atoms with E-state index in [-0.39, 0.29) is 5.41 Å². The molecule has 0 saturated carbocycles. The molecule has 3 nitrogen and oxygen atoms in total. The third kappa shape index (κ3) is 4.81. The number of rotatable bonds is 8. The monoisotopic (exact) mass is 297 g/mol. The molecule has 0 fully saturated rings. The molecular weight excluding hydrogens is 266 g/mol. The number of aromatic nitrogens is 2. The van der Waals surface area contributed by atoms with Crippen molar-refractivity contribution in [2.24, 2.45) is 5.92 Å². The third-order valence-corrected chi connectivity index (χ3v) is 4.84. The second-order valence-corrected chi connectivity index (χ2v) is 7.51. The van der Waals surface area contributed by atoms with Gasteiger partial charge in [-0.25, -0.2) is 0 Å². The molecule has 1 aromatic rings. The van der Waals surface area contributed by atoms with Crippen LogP contribution in [-0.2, 0) is 5.41 Å². The molecule has 4 heteroatoms. The molecular formula is C16H31N3S. The summed E-state index contributed by atoms with van der Waals surface area (Å²) in [6.07, 6.45) is 6.41. The van der Waals surface area contributed by atoms with Crippen LogP contribution in [0.1, 0.15) is 83.3 Å². The lowest BCUT2D eigenvalue weighted by Crippen LogP contribution is -2.23. The summed E-state index contributed by atoms with van der Waals surface area (Å²) >= 11 is 1.56. The molecule has 0 radical (unpaired) electrons. The Labute approximate surface area is 128 Å². The summed E-state index contributed by atoms with van der Waals surface area (Å²) in [4.78, 5) is 1.33. The van der Waals surface area contributed by atoms with Gasteiger partial charge in [-0.2, -0.15) is 0 Å². The topological polar surface area (TPSA) is 37.8 Å². The van der Waals surface area contributed by atoms with Crippen molar-refractivity contribution in [1.29, 1.82) is 0 Å². The Hall–Kier alpha value is -0.480. The van der Waals surface area contributed by atoms with Gasteiger partial charge in [0.15, 0.2) is 0 Å². The van der Waals surface area contributed by atoms with Crippen LogP contribution in [-0.4, -0.2) is 16.6 Å². The number of hydrogen-bond donors (Lipinski definition) is 1. The van der Waals surface area contributed by atoms with Crippen LogP contribution in [0.25, 0.3) is 0 Å². The van der Waals surface area contributed by atoms with Gasteiger partial charge in [-0.05, 0) is 30.9 Å². The first kappa shape index (κ1) is 17.6. The second-order valence-electron chi connectivity index (χ2n) is 6.73. The molecule has 0 spiro atoms. The molecule has 20 heavy (non-hydrogen) atoms. The van der Waals surface area contributed by atoms with Crippen LogP contribution in [0.5, 0.6) is 0 Å².